The van der Waals surface area contributed by atoms with Gasteiger partial charge in [-0.1, -0.05) is 12.1 Å². The number of carbonyl (C=O) groups is 2. The van der Waals surface area contributed by atoms with Gasteiger partial charge < -0.3 is 15.2 Å². The van der Waals surface area contributed by atoms with Crippen molar-refractivity contribution in [3.05, 3.63) is 36.2 Å². The van der Waals surface area contributed by atoms with Crippen LogP contribution in [0, 0.1) is 5.92 Å². The highest BCUT2D eigenvalue weighted by Gasteiger charge is 2.28. The molecule has 1 amide bonds. The minimum Gasteiger partial charge on any atom is -0.480 e. The van der Waals surface area contributed by atoms with E-state index in [1.165, 1.54) is 0 Å². The summed E-state index contributed by atoms with van der Waals surface area (Å²) in [7, 11) is 0. The molecule has 1 aliphatic heterocycles. The van der Waals surface area contributed by atoms with Crippen LogP contribution in [0.15, 0.2) is 30.5 Å². The molecule has 23 heavy (non-hydrogen) atoms. The van der Waals surface area contributed by atoms with Crippen molar-refractivity contribution in [1.29, 1.82) is 0 Å². The SMILES string of the molecule is O=C(N[C@H](Cc1cnc2ccccc2n1)C(=O)O)[C@@H]1CCOC1. The summed E-state index contributed by atoms with van der Waals surface area (Å²) in [4.78, 5) is 32.2. The van der Waals surface area contributed by atoms with E-state index in [2.05, 4.69) is 15.3 Å². The second-order valence-electron chi connectivity index (χ2n) is 5.51. The van der Waals surface area contributed by atoms with E-state index in [4.69, 9.17) is 4.74 Å². The molecule has 0 radical (unpaired) electrons. The third-order valence-corrected chi connectivity index (χ3v) is 3.83. The van der Waals surface area contributed by atoms with E-state index in [0.29, 0.717) is 30.8 Å². The van der Waals surface area contributed by atoms with E-state index in [1.54, 1.807) is 6.20 Å². The highest BCUT2D eigenvalue weighted by Crippen LogP contribution is 2.14. The normalized spacial score (nSPS) is 18.7. The van der Waals surface area contributed by atoms with E-state index < -0.39 is 12.0 Å². The third-order valence-electron chi connectivity index (χ3n) is 3.83. The molecule has 1 aromatic heterocycles. The summed E-state index contributed by atoms with van der Waals surface area (Å²) in [6.07, 6.45) is 2.25. The van der Waals surface area contributed by atoms with Crippen molar-refractivity contribution in [3.8, 4) is 0 Å². The fourth-order valence-electron chi connectivity index (χ4n) is 2.53. The van der Waals surface area contributed by atoms with Gasteiger partial charge in [0.05, 0.1) is 29.3 Å². The molecule has 0 aliphatic carbocycles. The van der Waals surface area contributed by atoms with Gasteiger partial charge in [-0.3, -0.25) is 9.78 Å². The largest absolute Gasteiger partial charge is 0.480 e. The quantitative estimate of drug-likeness (QED) is 0.845. The number of para-hydroxylation sites is 2. The fourth-order valence-corrected chi connectivity index (χ4v) is 2.53. The van der Waals surface area contributed by atoms with Gasteiger partial charge in [-0.25, -0.2) is 9.78 Å². The minimum absolute atomic E-state index is 0.0898. The molecular weight excluding hydrogens is 298 g/mol. The summed E-state index contributed by atoms with van der Waals surface area (Å²) >= 11 is 0. The lowest BCUT2D eigenvalue weighted by atomic mass is 10.1. The number of carbonyl (C=O) groups excluding carboxylic acids is 1. The number of benzene rings is 1. The zero-order valence-electron chi connectivity index (χ0n) is 12.4. The molecule has 7 nitrogen and oxygen atoms in total. The Morgan fingerprint density at radius 3 is 2.83 bits per heavy atom. The smallest absolute Gasteiger partial charge is 0.326 e. The third kappa shape index (κ3) is 3.62. The Balaban J connectivity index is 1.72. The maximum Gasteiger partial charge on any atom is 0.326 e. The maximum atomic E-state index is 12.1. The van der Waals surface area contributed by atoms with Gasteiger partial charge in [0.2, 0.25) is 5.91 Å². The number of fused-ring (bicyclic) bond motifs is 1. The molecule has 1 saturated heterocycles. The number of hydrogen-bond acceptors (Lipinski definition) is 5. The molecule has 1 aliphatic rings. The minimum atomic E-state index is -1.09. The van der Waals surface area contributed by atoms with Crippen molar-refractivity contribution < 1.29 is 19.4 Å². The predicted molar refractivity (Wildman–Crippen MR) is 81.7 cm³/mol. The summed E-state index contributed by atoms with van der Waals surface area (Å²) in [6.45, 7) is 0.875. The number of aromatic nitrogens is 2. The fraction of sp³-hybridized carbons (Fsp3) is 0.375. The maximum absolute atomic E-state index is 12.1. The van der Waals surface area contributed by atoms with Gasteiger partial charge in [0.15, 0.2) is 0 Å². The summed E-state index contributed by atoms with van der Waals surface area (Å²) in [6, 6.07) is 6.33. The lowest BCUT2D eigenvalue weighted by molar-refractivity contribution is -0.142. The Morgan fingerprint density at radius 2 is 2.13 bits per heavy atom. The highest BCUT2D eigenvalue weighted by atomic mass is 16.5. The molecule has 0 spiro atoms. The molecular formula is C16H17N3O4. The molecule has 3 rings (SSSR count). The van der Waals surface area contributed by atoms with Crippen LogP contribution in [0.5, 0.6) is 0 Å². The van der Waals surface area contributed by atoms with E-state index in [1.807, 2.05) is 24.3 Å². The average Bonchev–Trinajstić information content (AvgIpc) is 3.08. The van der Waals surface area contributed by atoms with E-state index in [0.717, 1.165) is 5.52 Å². The molecule has 1 fully saturated rings. The molecule has 0 saturated carbocycles. The van der Waals surface area contributed by atoms with Crippen molar-refractivity contribution in [1.82, 2.24) is 15.3 Å². The lowest BCUT2D eigenvalue weighted by Gasteiger charge is -2.16. The van der Waals surface area contributed by atoms with Gasteiger partial charge in [0, 0.05) is 19.2 Å². The van der Waals surface area contributed by atoms with Crippen LogP contribution in [-0.4, -0.2) is 46.2 Å². The van der Waals surface area contributed by atoms with Crippen LogP contribution in [0.1, 0.15) is 12.1 Å². The first-order chi connectivity index (χ1) is 11.1. The zero-order chi connectivity index (χ0) is 16.2. The van der Waals surface area contributed by atoms with Crippen LogP contribution in [0.3, 0.4) is 0 Å². The number of carboxylic acid groups (broad SMARTS) is 1. The second-order valence-corrected chi connectivity index (χ2v) is 5.51. The summed E-state index contributed by atoms with van der Waals surface area (Å²) in [5.74, 6) is -1.66. The number of carboxylic acids is 1. The molecule has 0 unspecified atom stereocenters. The van der Waals surface area contributed by atoms with E-state index in [-0.39, 0.29) is 18.2 Å². The number of ether oxygens (including phenoxy) is 1. The van der Waals surface area contributed by atoms with Gasteiger partial charge in [-0.05, 0) is 18.6 Å². The average molecular weight is 315 g/mol. The van der Waals surface area contributed by atoms with Gasteiger partial charge in [0.1, 0.15) is 6.04 Å². The topological polar surface area (TPSA) is 101 Å². The van der Waals surface area contributed by atoms with Crippen LogP contribution in [-0.2, 0) is 20.7 Å². The Labute approximate surface area is 132 Å². The first-order valence-corrected chi connectivity index (χ1v) is 7.45. The van der Waals surface area contributed by atoms with Crippen LogP contribution in [0.25, 0.3) is 11.0 Å². The highest BCUT2D eigenvalue weighted by molar-refractivity contribution is 5.85. The number of amides is 1. The van der Waals surface area contributed by atoms with E-state index in [9.17, 15) is 14.7 Å². The van der Waals surface area contributed by atoms with Crippen molar-refractivity contribution in [3.63, 3.8) is 0 Å². The molecule has 7 heteroatoms. The molecule has 2 aromatic rings. The molecule has 2 atom stereocenters. The summed E-state index contributed by atoms with van der Waals surface area (Å²) in [5, 5.41) is 11.9. The molecule has 2 N–H and O–H groups in total. The van der Waals surface area contributed by atoms with Crippen molar-refractivity contribution >= 4 is 22.9 Å². The van der Waals surface area contributed by atoms with Gasteiger partial charge in [0.25, 0.3) is 0 Å². The number of nitrogens with zero attached hydrogens (tertiary/aromatic N) is 2. The van der Waals surface area contributed by atoms with Crippen LogP contribution < -0.4 is 5.32 Å². The predicted octanol–water partition coefficient (Wildman–Crippen LogP) is 0.778. The zero-order valence-corrected chi connectivity index (χ0v) is 12.4. The van der Waals surface area contributed by atoms with Gasteiger partial charge in [-0.15, -0.1) is 0 Å². The number of nitrogens with one attached hydrogen (secondary N) is 1. The lowest BCUT2D eigenvalue weighted by Crippen LogP contribution is -2.45. The van der Waals surface area contributed by atoms with Crippen LogP contribution in [0.2, 0.25) is 0 Å². The number of rotatable bonds is 5. The Bertz CT molecular complexity index is 728. The Hall–Kier alpha value is -2.54. The van der Waals surface area contributed by atoms with Gasteiger partial charge >= 0.3 is 5.97 Å². The first kappa shape index (κ1) is 15.4. The number of aliphatic carboxylic acids is 1. The molecule has 120 valence electrons. The molecule has 0 bridgehead atoms. The van der Waals surface area contributed by atoms with E-state index >= 15 is 0 Å². The Morgan fingerprint density at radius 1 is 1.35 bits per heavy atom. The standard InChI is InChI=1S/C16H17N3O4/c20-15(10-5-6-23-9-10)19-14(16(21)22)7-11-8-17-12-3-1-2-4-13(12)18-11/h1-4,8,10,14H,5-7,9H2,(H,19,20)(H,21,22)/t10-,14-/m1/s1. The van der Waals surface area contributed by atoms with Crippen molar-refractivity contribution in [2.45, 2.75) is 18.9 Å². The van der Waals surface area contributed by atoms with Gasteiger partial charge in [-0.2, -0.15) is 0 Å². The monoisotopic (exact) mass is 315 g/mol. The molecule has 1 aromatic carbocycles. The van der Waals surface area contributed by atoms with Crippen LogP contribution in [0.4, 0.5) is 0 Å². The first-order valence-electron chi connectivity index (χ1n) is 7.45. The summed E-state index contributed by atoms with van der Waals surface area (Å²) < 4.78 is 5.16. The van der Waals surface area contributed by atoms with Crippen molar-refractivity contribution in [2.24, 2.45) is 5.92 Å². The van der Waals surface area contributed by atoms with Crippen molar-refractivity contribution in [2.75, 3.05) is 13.2 Å². The Kier molecular flexibility index (Phi) is 4.47. The number of hydrogen-bond donors (Lipinski definition) is 2. The summed E-state index contributed by atoms with van der Waals surface area (Å²) in [5.41, 5.74) is 1.97. The molecule has 2 heterocycles. The second kappa shape index (κ2) is 6.70. The van der Waals surface area contributed by atoms with Crippen LogP contribution >= 0.6 is 0 Å².